The van der Waals surface area contributed by atoms with Gasteiger partial charge in [0.25, 0.3) is 0 Å². The van der Waals surface area contributed by atoms with Crippen molar-refractivity contribution in [3.8, 4) is 0 Å². The third-order valence-corrected chi connectivity index (χ3v) is 6.26. The molecule has 1 aliphatic rings. The SMILES string of the molecule is CC1CCCN1S(=O)(=O)c1cc(CO)ccc1Br. The van der Waals surface area contributed by atoms with Gasteiger partial charge in [0.1, 0.15) is 0 Å². The summed E-state index contributed by atoms with van der Waals surface area (Å²) in [5.74, 6) is 0. The van der Waals surface area contributed by atoms with Crippen molar-refractivity contribution >= 4 is 26.0 Å². The van der Waals surface area contributed by atoms with Crippen LogP contribution >= 0.6 is 15.9 Å². The third kappa shape index (κ3) is 2.47. The highest BCUT2D eigenvalue weighted by Gasteiger charge is 2.33. The fourth-order valence-electron chi connectivity index (χ4n) is 2.23. The van der Waals surface area contributed by atoms with E-state index in [1.165, 1.54) is 10.4 Å². The summed E-state index contributed by atoms with van der Waals surface area (Å²) in [4.78, 5) is 0.239. The standard InChI is InChI=1S/C12H16BrNO3S/c1-9-3-2-6-14(9)18(16,17)12-7-10(8-15)4-5-11(12)13/h4-5,7,9,15H,2-3,6,8H2,1H3. The number of rotatable bonds is 3. The molecule has 0 aromatic heterocycles. The minimum absolute atomic E-state index is 0.0414. The Morgan fingerprint density at radius 1 is 1.50 bits per heavy atom. The summed E-state index contributed by atoms with van der Waals surface area (Å²) < 4.78 is 27.2. The average Bonchev–Trinajstić information content (AvgIpc) is 2.76. The quantitative estimate of drug-likeness (QED) is 0.921. The summed E-state index contributed by atoms with van der Waals surface area (Å²) in [7, 11) is -3.48. The molecule has 0 bridgehead atoms. The number of aliphatic hydroxyl groups excluding tert-OH is 1. The molecule has 100 valence electrons. The van der Waals surface area contributed by atoms with Crippen LogP contribution in [0.3, 0.4) is 0 Å². The molecule has 0 radical (unpaired) electrons. The number of nitrogens with zero attached hydrogens (tertiary/aromatic N) is 1. The van der Waals surface area contributed by atoms with E-state index in [-0.39, 0.29) is 17.5 Å². The van der Waals surface area contributed by atoms with Gasteiger partial charge in [-0.15, -0.1) is 0 Å². The number of aliphatic hydroxyl groups is 1. The Hall–Kier alpha value is -0.430. The summed E-state index contributed by atoms with van der Waals surface area (Å²) in [5.41, 5.74) is 0.601. The van der Waals surface area contributed by atoms with Crippen LogP contribution in [0.5, 0.6) is 0 Å². The van der Waals surface area contributed by atoms with Crippen molar-refractivity contribution < 1.29 is 13.5 Å². The van der Waals surface area contributed by atoms with Crippen molar-refractivity contribution in [3.63, 3.8) is 0 Å². The molecular weight excluding hydrogens is 318 g/mol. The van der Waals surface area contributed by atoms with Crippen LogP contribution in [0.1, 0.15) is 25.3 Å². The highest BCUT2D eigenvalue weighted by Crippen LogP contribution is 2.30. The van der Waals surface area contributed by atoms with Crippen LogP contribution in [0.15, 0.2) is 27.6 Å². The molecule has 1 aliphatic heterocycles. The molecule has 1 saturated heterocycles. The average molecular weight is 334 g/mol. The van der Waals surface area contributed by atoms with E-state index in [2.05, 4.69) is 15.9 Å². The summed E-state index contributed by atoms with van der Waals surface area (Å²) in [6.07, 6.45) is 1.80. The summed E-state index contributed by atoms with van der Waals surface area (Å²) in [6, 6.07) is 4.94. The van der Waals surface area contributed by atoms with Crippen LogP contribution in [0.4, 0.5) is 0 Å². The van der Waals surface area contributed by atoms with E-state index in [4.69, 9.17) is 5.11 Å². The van der Waals surface area contributed by atoms with Gasteiger partial charge in [-0.25, -0.2) is 8.42 Å². The Bertz CT molecular complexity index is 544. The Labute approximate surface area is 116 Å². The lowest BCUT2D eigenvalue weighted by Gasteiger charge is -2.21. The van der Waals surface area contributed by atoms with Gasteiger partial charge in [0, 0.05) is 17.1 Å². The van der Waals surface area contributed by atoms with Gasteiger partial charge in [0.05, 0.1) is 11.5 Å². The molecule has 0 saturated carbocycles. The maximum absolute atomic E-state index is 12.5. The van der Waals surface area contributed by atoms with Crippen molar-refractivity contribution in [2.24, 2.45) is 0 Å². The molecule has 1 fully saturated rings. The van der Waals surface area contributed by atoms with Crippen LogP contribution in [-0.2, 0) is 16.6 Å². The zero-order chi connectivity index (χ0) is 13.3. The number of benzene rings is 1. The second kappa shape index (κ2) is 5.28. The number of hydrogen-bond donors (Lipinski definition) is 1. The van der Waals surface area contributed by atoms with E-state index in [0.717, 1.165) is 12.8 Å². The van der Waals surface area contributed by atoms with Gasteiger partial charge in [-0.3, -0.25) is 0 Å². The predicted octanol–water partition coefficient (Wildman–Crippen LogP) is 2.11. The van der Waals surface area contributed by atoms with Crippen molar-refractivity contribution in [2.75, 3.05) is 6.54 Å². The van der Waals surface area contributed by atoms with Gasteiger partial charge in [-0.1, -0.05) is 6.07 Å². The third-order valence-electron chi connectivity index (χ3n) is 3.26. The summed E-state index contributed by atoms with van der Waals surface area (Å²) in [6.45, 7) is 2.33. The van der Waals surface area contributed by atoms with Crippen molar-refractivity contribution in [1.29, 1.82) is 0 Å². The van der Waals surface area contributed by atoms with E-state index < -0.39 is 10.0 Å². The van der Waals surface area contributed by atoms with Crippen molar-refractivity contribution in [3.05, 3.63) is 28.2 Å². The monoisotopic (exact) mass is 333 g/mol. The highest BCUT2D eigenvalue weighted by atomic mass is 79.9. The Morgan fingerprint density at radius 2 is 2.22 bits per heavy atom. The first-order chi connectivity index (χ1) is 8.46. The molecule has 0 amide bonds. The smallest absolute Gasteiger partial charge is 0.244 e. The van der Waals surface area contributed by atoms with Crippen LogP contribution in [0, 0.1) is 0 Å². The van der Waals surface area contributed by atoms with Gasteiger partial charge >= 0.3 is 0 Å². The van der Waals surface area contributed by atoms with E-state index in [1.54, 1.807) is 12.1 Å². The van der Waals surface area contributed by atoms with Gasteiger partial charge in [0.15, 0.2) is 0 Å². The first-order valence-corrected chi connectivity index (χ1v) is 8.11. The molecule has 0 aliphatic carbocycles. The Kier molecular flexibility index (Phi) is 4.11. The van der Waals surface area contributed by atoms with Gasteiger partial charge in [-0.2, -0.15) is 4.31 Å². The van der Waals surface area contributed by atoms with E-state index in [9.17, 15) is 8.42 Å². The fraction of sp³-hybridized carbons (Fsp3) is 0.500. The maximum atomic E-state index is 12.5. The molecule has 4 nitrogen and oxygen atoms in total. The normalized spacial score (nSPS) is 21.4. The number of hydrogen-bond acceptors (Lipinski definition) is 3. The van der Waals surface area contributed by atoms with E-state index in [1.807, 2.05) is 6.92 Å². The lowest BCUT2D eigenvalue weighted by molar-refractivity contribution is 0.281. The van der Waals surface area contributed by atoms with Gasteiger partial charge in [-0.05, 0) is 53.4 Å². The van der Waals surface area contributed by atoms with Gasteiger partial charge < -0.3 is 5.11 Å². The van der Waals surface area contributed by atoms with Crippen LogP contribution in [0.2, 0.25) is 0 Å². The minimum atomic E-state index is -3.48. The molecule has 1 aromatic carbocycles. The van der Waals surface area contributed by atoms with Crippen molar-refractivity contribution in [2.45, 2.75) is 37.3 Å². The Morgan fingerprint density at radius 3 is 2.78 bits per heavy atom. The minimum Gasteiger partial charge on any atom is -0.392 e. The van der Waals surface area contributed by atoms with Crippen LogP contribution in [-0.4, -0.2) is 30.4 Å². The first kappa shape index (κ1) is 14.0. The molecule has 2 rings (SSSR count). The van der Waals surface area contributed by atoms with Crippen molar-refractivity contribution in [1.82, 2.24) is 4.31 Å². The highest BCUT2D eigenvalue weighted by molar-refractivity contribution is 9.10. The lowest BCUT2D eigenvalue weighted by Crippen LogP contribution is -2.33. The van der Waals surface area contributed by atoms with Gasteiger partial charge in [0.2, 0.25) is 10.0 Å². The number of halogens is 1. The molecule has 18 heavy (non-hydrogen) atoms. The van der Waals surface area contributed by atoms with Crippen LogP contribution < -0.4 is 0 Å². The first-order valence-electron chi connectivity index (χ1n) is 5.88. The predicted molar refractivity (Wildman–Crippen MR) is 72.7 cm³/mol. The molecule has 1 aromatic rings. The van der Waals surface area contributed by atoms with Crippen LogP contribution in [0.25, 0.3) is 0 Å². The zero-order valence-corrected chi connectivity index (χ0v) is 12.5. The molecule has 0 spiro atoms. The summed E-state index contributed by atoms with van der Waals surface area (Å²) in [5, 5.41) is 9.11. The largest absolute Gasteiger partial charge is 0.392 e. The summed E-state index contributed by atoms with van der Waals surface area (Å²) >= 11 is 3.28. The molecule has 1 unspecified atom stereocenters. The number of sulfonamides is 1. The lowest BCUT2D eigenvalue weighted by atomic mass is 10.2. The van der Waals surface area contributed by atoms with E-state index in [0.29, 0.717) is 16.6 Å². The molecule has 6 heteroatoms. The molecule has 1 atom stereocenters. The molecule has 1 N–H and O–H groups in total. The molecular formula is C12H16BrNO3S. The second-order valence-electron chi connectivity index (χ2n) is 4.53. The zero-order valence-electron chi connectivity index (χ0n) is 10.1. The second-order valence-corrected chi connectivity index (χ2v) is 7.24. The van der Waals surface area contributed by atoms with E-state index >= 15 is 0 Å². The Balaban J connectivity index is 2.46. The maximum Gasteiger partial charge on any atom is 0.244 e. The molecule has 1 heterocycles. The fourth-order valence-corrected chi connectivity index (χ4v) is 4.91. The topological polar surface area (TPSA) is 57.6 Å².